The average molecular weight is 262 g/mol. The predicted octanol–water partition coefficient (Wildman–Crippen LogP) is 2.11. The topological polar surface area (TPSA) is 64.2 Å². The van der Waals surface area contributed by atoms with Gasteiger partial charge in [0.05, 0.1) is 5.75 Å². The highest BCUT2D eigenvalue weighted by molar-refractivity contribution is 7.99. The number of hydrogen-bond donors (Lipinski definition) is 1. The summed E-state index contributed by atoms with van der Waals surface area (Å²) in [6, 6.07) is 5.22. The van der Waals surface area contributed by atoms with Gasteiger partial charge in [0.2, 0.25) is 6.79 Å². The lowest BCUT2D eigenvalue weighted by molar-refractivity contribution is 0.102. The smallest absolute Gasteiger partial charge is 0.231 e. The fourth-order valence-corrected chi connectivity index (χ4v) is 2.34. The third-order valence-corrected chi connectivity index (χ3v) is 3.41. The summed E-state index contributed by atoms with van der Waals surface area (Å²) in [7, 11) is 0. The highest BCUT2D eigenvalue weighted by Gasteiger charge is 2.16. The second-order valence-corrected chi connectivity index (χ2v) is 4.64. The quantitative estimate of drug-likeness (QED) is 0.675. The first-order valence-electron chi connectivity index (χ1n) is 5.38. The number of thioether (sulfide) groups is 1. The number of aromatic nitrogens is 2. The first-order chi connectivity index (χ1) is 8.83. The molecule has 1 aromatic heterocycles. The molecule has 5 nitrogen and oxygen atoms in total. The molecule has 0 amide bonds. The number of fused-ring (bicyclic) bond motifs is 1. The van der Waals surface area contributed by atoms with Gasteiger partial charge in [0.1, 0.15) is 0 Å². The van der Waals surface area contributed by atoms with E-state index in [0.29, 0.717) is 22.8 Å². The summed E-state index contributed by atoms with van der Waals surface area (Å²) in [4.78, 5) is 19.0. The van der Waals surface area contributed by atoms with E-state index in [1.807, 2.05) is 0 Å². The molecule has 0 atom stereocenters. The minimum absolute atomic E-state index is 0.0368. The number of ketones is 1. The summed E-state index contributed by atoms with van der Waals surface area (Å²) in [6.07, 6.45) is 3.39. The van der Waals surface area contributed by atoms with Crippen LogP contribution in [0.25, 0.3) is 0 Å². The van der Waals surface area contributed by atoms with E-state index in [4.69, 9.17) is 9.47 Å². The SMILES string of the molecule is O=C(CSc1ncc[nH]1)c1ccc2c(c1)OCO2. The minimum Gasteiger partial charge on any atom is -0.454 e. The third-order valence-electron chi connectivity index (χ3n) is 2.51. The maximum absolute atomic E-state index is 12.0. The van der Waals surface area contributed by atoms with E-state index in [0.717, 1.165) is 5.16 Å². The zero-order valence-electron chi connectivity index (χ0n) is 9.38. The van der Waals surface area contributed by atoms with Crippen molar-refractivity contribution in [1.82, 2.24) is 9.97 Å². The number of imidazole rings is 1. The second-order valence-electron chi connectivity index (χ2n) is 3.67. The van der Waals surface area contributed by atoms with Crippen LogP contribution in [-0.2, 0) is 0 Å². The van der Waals surface area contributed by atoms with E-state index >= 15 is 0 Å². The number of benzene rings is 1. The Hall–Kier alpha value is -1.95. The number of carbonyl (C=O) groups is 1. The Morgan fingerprint density at radius 1 is 1.39 bits per heavy atom. The van der Waals surface area contributed by atoms with Crippen LogP contribution in [0.1, 0.15) is 10.4 Å². The molecular formula is C12H10N2O3S. The molecule has 18 heavy (non-hydrogen) atoms. The summed E-state index contributed by atoms with van der Waals surface area (Å²) in [5.41, 5.74) is 0.623. The van der Waals surface area contributed by atoms with Crippen molar-refractivity contribution in [2.45, 2.75) is 5.16 Å². The van der Waals surface area contributed by atoms with Gasteiger partial charge in [-0.05, 0) is 18.2 Å². The summed E-state index contributed by atoms with van der Waals surface area (Å²) in [5.74, 6) is 1.69. The number of H-pyrrole nitrogens is 1. The largest absolute Gasteiger partial charge is 0.454 e. The van der Waals surface area contributed by atoms with Crippen molar-refractivity contribution in [1.29, 1.82) is 0 Å². The van der Waals surface area contributed by atoms with Crippen LogP contribution in [0.15, 0.2) is 35.7 Å². The van der Waals surface area contributed by atoms with Crippen LogP contribution in [-0.4, -0.2) is 28.3 Å². The van der Waals surface area contributed by atoms with E-state index in [-0.39, 0.29) is 12.6 Å². The summed E-state index contributed by atoms with van der Waals surface area (Å²) in [5, 5.41) is 0.740. The molecule has 2 heterocycles. The Morgan fingerprint density at radius 2 is 2.28 bits per heavy atom. The lowest BCUT2D eigenvalue weighted by atomic mass is 10.1. The Balaban J connectivity index is 1.69. The van der Waals surface area contributed by atoms with Gasteiger partial charge in [0, 0.05) is 18.0 Å². The predicted molar refractivity (Wildman–Crippen MR) is 66.2 cm³/mol. The second kappa shape index (κ2) is 4.73. The van der Waals surface area contributed by atoms with Gasteiger partial charge in [-0.15, -0.1) is 0 Å². The molecule has 92 valence electrons. The molecule has 6 heteroatoms. The number of carbonyl (C=O) groups excluding carboxylic acids is 1. The summed E-state index contributed by atoms with van der Waals surface area (Å²) >= 11 is 1.38. The molecule has 0 saturated carbocycles. The highest BCUT2D eigenvalue weighted by atomic mass is 32.2. The molecule has 3 rings (SSSR count). The minimum atomic E-state index is 0.0368. The van der Waals surface area contributed by atoms with Crippen LogP contribution in [0.2, 0.25) is 0 Å². The maximum atomic E-state index is 12.0. The zero-order valence-corrected chi connectivity index (χ0v) is 10.2. The Bertz CT molecular complexity index is 569. The monoisotopic (exact) mass is 262 g/mol. The first-order valence-corrected chi connectivity index (χ1v) is 6.36. The number of nitrogens with one attached hydrogen (secondary N) is 1. The normalized spacial score (nSPS) is 12.7. The number of Topliss-reactive ketones (excluding diaryl/α,β-unsaturated/α-hetero) is 1. The number of hydrogen-bond acceptors (Lipinski definition) is 5. The van der Waals surface area contributed by atoms with Crippen LogP contribution < -0.4 is 9.47 Å². The molecular weight excluding hydrogens is 252 g/mol. The van der Waals surface area contributed by atoms with Gasteiger partial charge in [0.25, 0.3) is 0 Å². The van der Waals surface area contributed by atoms with Crippen LogP contribution >= 0.6 is 11.8 Å². The van der Waals surface area contributed by atoms with Crippen molar-refractivity contribution in [2.24, 2.45) is 0 Å². The molecule has 1 aromatic carbocycles. The molecule has 2 aromatic rings. The summed E-state index contributed by atoms with van der Waals surface area (Å²) in [6.45, 7) is 0.216. The molecule has 0 radical (unpaired) electrons. The van der Waals surface area contributed by atoms with Crippen molar-refractivity contribution < 1.29 is 14.3 Å². The van der Waals surface area contributed by atoms with E-state index < -0.39 is 0 Å². The lowest BCUT2D eigenvalue weighted by Crippen LogP contribution is -2.02. The van der Waals surface area contributed by atoms with Gasteiger partial charge in [0.15, 0.2) is 22.4 Å². The molecule has 1 aliphatic rings. The van der Waals surface area contributed by atoms with E-state index in [1.165, 1.54) is 11.8 Å². The van der Waals surface area contributed by atoms with Crippen LogP contribution in [0.5, 0.6) is 11.5 Å². The first kappa shape index (κ1) is 11.2. The molecule has 0 spiro atoms. The molecule has 0 saturated heterocycles. The Kier molecular flexibility index (Phi) is 2.93. The lowest BCUT2D eigenvalue weighted by Gasteiger charge is -2.01. The van der Waals surface area contributed by atoms with Gasteiger partial charge >= 0.3 is 0 Å². The summed E-state index contributed by atoms with van der Waals surface area (Å²) < 4.78 is 10.4. The highest BCUT2D eigenvalue weighted by Crippen LogP contribution is 2.32. The van der Waals surface area contributed by atoms with Crippen molar-refractivity contribution in [2.75, 3.05) is 12.5 Å². The third kappa shape index (κ3) is 2.19. The molecule has 0 bridgehead atoms. The fourth-order valence-electron chi connectivity index (χ4n) is 1.62. The van der Waals surface area contributed by atoms with Crippen LogP contribution in [0, 0.1) is 0 Å². The Morgan fingerprint density at radius 3 is 3.11 bits per heavy atom. The number of nitrogens with zero attached hydrogens (tertiary/aromatic N) is 1. The van der Waals surface area contributed by atoms with E-state index in [1.54, 1.807) is 30.6 Å². The molecule has 1 N–H and O–H groups in total. The van der Waals surface area contributed by atoms with Gasteiger partial charge < -0.3 is 14.5 Å². The standard InChI is InChI=1S/C12H10N2O3S/c15-9(6-18-12-13-3-4-14-12)8-1-2-10-11(5-8)17-7-16-10/h1-5H,6-7H2,(H,13,14). The average Bonchev–Trinajstić information content (AvgIpc) is 3.05. The maximum Gasteiger partial charge on any atom is 0.231 e. The molecule has 1 aliphatic heterocycles. The number of rotatable bonds is 4. The Labute approximate surface area is 108 Å². The number of aromatic amines is 1. The van der Waals surface area contributed by atoms with Crippen molar-refractivity contribution >= 4 is 17.5 Å². The molecule has 0 fully saturated rings. The fraction of sp³-hybridized carbons (Fsp3) is 0.167. The molecule has 0 aliphatic carbocycles. The molecule has 0 unspecified atom stereocenters. The van der Waals surface area contributed by atoms with Gasteiger partial charge in [-0.25, -0.2) is 4.98 Å². The van der Waals surface area contributed by atoms with Gasteiger partial charge in [-0.3, -0.25) is 4.79 Å². The zero-order chi connectivity index (χ0) is 12.4. The van der Waals surface area contributed by atoms with Crippen molar-refractivity contribution in [3.05, 3.63) is 36.2 Å². The van der Waals surface area contributed by atoms with Crippen molar-refractivity contribution in [3.8, 4) is 11.5 Å². The van der Waals surface area contributed by atoms with Crippen molar-refractivity contribution in [3.63, 3.8) is 0 Å². The van der Waals surface area contributed by atoms with Gasteiger partial charge in [-0.2, -0.15) is 0 Å². The van der Waals surface area contributed by atoms with E-state index in [2.05, 4.69) is 9.97 Å². The number of ether oxygens (including phenoxy) is 2. The van der Waals surface area contributed by atoms with Crippen LogP contribution in [0.3, 0.4) is 0 Å². The van der Waals surface area contributed by atoms with E-state index in [9.17, 15) is 4.79 Å². The van der Waals surface area contributed by atoms with Gasteiger partial charge in [-0.1, -0.05) is 11.8 Å². The van der Waals surface area contributed by atoms with Crippen LogP contribution in [0.4, 0.5) is 0 Å².